The maximum absolute atomic E-state index is 14.4. The number of imide groups is 2. The fourth-order valence-corrected chi connectivity index (χ4v) is 10.1. The van der Waals surface area contributed by atoms with E-state index in [1.165, 1.54) is 9.80 Å². The van der Waals surface area contributed by atoms with Gasteiger partial charge in [-0.15, -0.1) is 0 Å². The van der Waals surface area contributed by atoms with Crippen molar-refractivity contribution in [3.63, 3.8) is 0 Å². The third-order valence-electron chi connectivity index (χ3n) is 13.8. The van der Waals surface area contributed by atoms with Crippen molar-refractivity contribution in [3.8, 4) is 5.75 Å². The molecule has 0 saturated carbocycles. The number of fused-ring (bicyclic) bond motifs is 2. The molecule has 0 spiro atoms. The number of carbonyl (C=O) groups is 5. The molecule has 10 heteroatoms. The van der Waals surface area contributed by atoms with Crippen molar-refractivity contribution in [2.75, 3.05) is 11.4 Å². The van der Waals surface area contributed by atoms with Crippen LogP contribution in [0.1, 0.15) is 95.1 Å². The van der Waals surface area contributed by atoms with Crippen LogP contribution < -0.4 is 10.2 Å². The predicted octanol–water partition coefficient (Wildman–Crippen LogP) is 12.0. The lowest BCUT2D eigenvalue weighted by Crippen LogP contribution is -2.42. The second kappa shape index (κ2) is 17.8. The Kier molecular flexibility index (Phi) is 11.2. The Hall–Kier alpha value is -9.02. The van der Waals surface area contributed by atoms with Crippen molar-refractivity contribution < 1.29 is 29.1 Å². The molecular weight excluding hydrogens is 885 g/mol. The van der Waals surface area contributed by atoms with Crippen LogP contribution in [0.5, 0.6) is 5.75 Å². The second-order valence-corrected chi connectivity index (χ2v) is 18.6. The van der Waals surface area contributed by atoms with Gasteiger partial charge in [-0.1, -0.05) is 117 Å². The minimum Gasteiger partial charge on any atom is -0.508 e. The molecule has 71 heavy (non-hydrogen) atoms. The molecule has 1 unspecified atom stereocenters. The summed E-state index contributed by atoms with van der Waals surface area (Å²) < 4.78 is 0. The van der Waals surface area contributed by atoms with Crippen LogP contribution in [0.3, 0.4) is 0 Å². The van der Waals surface area contributed by atoms with Gasteiger partial charge in [-0.3, -0.25) is 33.9 Å². The van der Waals surface area contributed by atoms with Crippen LogP contribution in [0.25, 0.3) is 67.4 Å². The van der Waals surface area contributed by atoms with Gasteiger partial charge in [0, 0.05) is 64.1 Å². The minimum absolute atomic E-state index is 0.0738. The Balaban J connectivity index is 0.769. The zero-order chi connectivity index (χ0) is 49.1. The van der Waals surface area contributed by atoms with Crippen LogP contribution in [0.15, 0.2) is 152 Å². The highest BCUT2D eigenvalue weighted by atomic mass is 16.3. The Bertz CT molecular complexity index is 3660. The van der Waals surface area contributed by atoms with Gasteiger partial charge in [-0.2, -0.15) is 0 Å². The third kappa shape index (κ3) is 7.89. The normalized spacial score (nSPS) is 14.1. The summed E-state index contributed by atoms with van der Waals surface area (Å²) in [5.41, 5.74) is 8.55. The average Bonchev–Trinajstić information content (AvgIpc) is 3.39. The number of phenols is 1. The van der Waals surface area contributed by atoms with Crippen molar-refractivity contribution in [2.45, 2.75) is 33.2 Å². The molecular formula is C61H46N4O6. The SMILES string of the molecule is C=C(C)C(=O)NCc1ccc(/C=C/c2ccc(/C=C/c3ccc(O)c(CCC(C)CN4C(=O)c5ccc6c7ccc8c9c(ccc(c%10ccc(c5c6%10)C4=O)c97)C(=O)N(c4ccncc4)C8=O)c3)cc2)cc1. The van der Waals surface area contributed by atoms with Gasteiger partial charge in [-0.05, 0) is 140 Å². The van der Waals surface area contributed by atoms with Crippen molar-refractivity contribution in [3.05, 3.63) is 208 Å². The molecule has 10 nitrogen and oxygen atoms in total. The van der Waals surface area contributed by atoms with E-state index in [2.05, 4.69) is 47.2 Å². The van der Waals surface area contributed by atoms with Crippen molar-refractivity contribution >= 4 is 103 Å². The fraction of sp³-hybridized carbons (Fsp3) is 0.115. The number of hydrogen-bond acceptors (Lipinski definition) is 7. The van der Waals surface area contributed by atoms with E-state index < -0.39 is 11.8 Å². The lowest BCUT2D eigenvalue weighted by molar-refractivity contribution is -0.117. The van der Waals surface area contributed by atoms with E-state index in [9.17, 15) is 29.1 Å². The van der Waals surface area contributed by atoms with E-state index in [0.29, 0.717) is 63.7 Å². The molecule has 346 valence electrons. The standard InChI is InChI=1S/C61H46N4O6/c1-35(2)57(67)63-33-41-15-12-39(13-16-41)10-7-37-5-8-38(9-6-37)11-14-40-17-27-52(66)42(32-40)18-4-36(3)34-64-58(68)48-23-19-44-46-21-25-50-56-51(61(71)65(60(50)70)43-28-30-62-31-29-43)26-22-47(54(46)56)45-20-24-49(59(64)69)55(48)53(44)45/h5-17,19-32,36,66H,1,4,18,33-34H2,2-3H3,(H,63,67)/b10-7+,14-11+. The molecule has 9 aromatic rings. The number of aromatic nitrogens is 1. The fourth-order valence-electron chi connectivity index (χ4n) is 10.1. The lowest BCUT2D eigenvalue weighted by Gasteiger charge is -2.31. The number of benzene rings is 8. The molecule has 11 rings (SSSR count). The number of pyridine rings is 1. The molecule has 0 bridgehead atoms. The van der Waals surface area contributed by atoms with Gasteiger partial charge >= 0.3 is 0 Å². The summed E-state index contributed by atoms with van der Waals surface area (Å²) in [7, 11) is 0. The maximum atomic E-state index is 14.4. The number of hydrogen-bond donors (Lipinski definition) is 2. The minimum atomic E-state index is -0.411. The van der Waals surface area contributed by atoms with Crippen LogP contribution >= 0.6 is 0 Å². The maximum Gasteiger partial charge on any atom is 0.265 e. The molecule has 0 saturated heterocycles. The summed E-state index contributed by atoms with van der Waals surface area (Å²) in [6, 6.07) is 39.8. The molecule has 2 N–H and O–H groups in total. The van der Waals surface area contributed by atoms with Crippen LogP contribution in [0.2, 0.25) is 0 Å². The first-order valence-electron chi connectivity index (χ1n) is 23.6. The van der Waals surface area contributed by atoms with Gasteiger partial charge < -0.3 is 10.4 Å². The molecule has 0 aliphatic carbocycles. The Morgan fingerprint density at radius 3 is 1.55 bits per heavy atom. The van der Waals surface area contributed by atoms with E-state index in [1.807, 2.05) is 85.8 Å². The Labute approximate surface area is 409 Å². The van der Waals surface area contributed by atoms with Gasteiger partial charge in [0.05, 0.1) is 5.69 Å². The highest BCUT2D eigenvalue weighted by Gasteiger charge is 2.38. The number of phenolic OH excluding ortho intramolecular Hbond substituents is 1. The monoisotopic (exact) mass is 930 g/mol. The zero-order valence-electron chi connectivity index (χ0n) is 39.0. The number of anilines is 1. The number of rotatable bonds is 13. The van der Waals surface area contributed by atoms with E-state index >= 15 is 0 Å². The molecule has 2 aliphatic heterocycles. The summed E-state index contributed by atoms with van der Waals surface area (Å²) in [5, 5.41) is 19.8. The summed E-state index contributed by atoms with van der Waals surface area (Å²) in [4.78, 5) is 75.1. The number of carbonyl (C=O) groups excluding carboxylic acids is 5. The largest absolute Gasteiger partial charge is 0.508 e. The predicted molar refractivity (Wildman–Crippen MR) is 281 cm³/mol. The van der Waals surface area contributed by atoms with Crippen LogP contribution in [0.4, 0.5) is 5.69 Å². The van der Waals surface area contributed by atoms with Gasteiger partial charge in [0.15, 0.2) is 0 Å². The molecule has 3 heterocycles. The quantitative estimate of drug-likeness (QED) is 0.0386. The third-order valence-corrected chi connectivity index (χ3v) is 13.8. The molecule has 2 aliphatic rings. The zero-order valence-corrected chi connectivity index (χ0v) is 39.0. The van der Waals surface area contributed by atoms with Gasteiger partial charge in [0.2, 0.25) is 5.91 Å². The molecule has 0 fully saturated rings. The van der Waals surface area contributed by atoms with Gasteiger partial charge in [0.25, 0.3) is 23.6 Å². The van der Waals surface area contributed by atoms with Gasteiger partial charge in [0.1, 0.15) is 5.75 Å². The van der Waals surface area contributed by atoms with E-state index in [0.717, 1.165) is 65.7 Å². The highest BCUT2D eigenvalue weighted by molar-refractivity contribution is 6.43. The van der Waals surface area contributed by atoms with Crippen molar-refractivity contribution in [1.29, 1.82) is 0 Å². The van der Waals surface area contributed by atoms with E-state index in [4.69, 9.17) is 0 Å². The first kappa shape index (κ1) is 44.5. The highest BCUT2D eigenvalue weighted by Crippen LogP contribution is 2.46. The van der Waals surface area contributed by atoms with Crippen LogP contribution in [0, 0.1) is 5.92 Å². The summed E-state index contributed by atoms with van der Waals surface area (Å²) >= 11 is 0. The number of amides is 5. The summed E-state index contributed by atoms with van der Waals surface area (Å²) in [5.74, 6) is -1.56. The Morgan fingerprint density at radius 2 is 1.06 bits per heavy atom. The van der Waals surface area contributed by atoms with Crippen LogP contribution in [-0.2, 0) is 17.8 Å². The second-order valence-electron chi connectivity index (χ2n) is 18.6. The lowest BCUT2D eigenvalue weighted by atomic mass is 9.82. The molecule has 5 amide bonds. The van der Waals surface area contributed by atoms with Crippen molar-refractivity contribution in [1.82, 2.24) is 15.2 Å². The van der Waals surface area contributed by atoms with E-state index in [-0.39, 0.29) is 35.9 Å². The molecule has 1 aromatic heterocycles. The first-order valence-corrected chi connectivity index (χ1v) is 23.6. The summed E-state index contributed by atoms with van der Waals surface area (Å²) in [6.07, 6.45) is 12.4. The number of aromatic hydroxyl groups is 1. The molecule has 8 aromatic carbocycles. The number of nitrogens with zero attached hydrogens (tertiary/aromatic N) is 3. The van der Waals surface area contributed by atoms with Gasteiger partial charge in [-0.25, -0.2) is 4.90 Å². The molecule has 0 radical (unpaired) electrons. The van der Waals surface area contributed by atoms with E-state index in [1.54, 1.807) is 61.8 Å². The topological polar surface area (TPSA) is 137 Å². The number of nitrogens with one attached hydrogen (secondary N) is 1. The number of aryl methyl sites for hydroxylation is 1. The average molecular weight is 931 g/mol. The smallest absolute Gasteiger partial charge is 0.265 e. The summed E-state index contributed by atoms with van der Waals surface area (Å²) in [6.45, 7) is 8.03. The first-order chi connectivity index (χ1) is 34.4. The van der Waals surface area contributed by atoms with Crippen molar-refractivity contribution in [2.24, 2.45) is 5.92 Å². The Morgan fingerprint density at radius 1 is 0.606 bits per heavy atom. The molecule has 1 atom stereocenters. The van der Waals surface area contributed by atoms with Crippen LogP contribution in [-0.4, -0.2) is 51.1 Å².